The molecule has 0 spiro atoms. The number of rotatable bonds is 6. The zero-order valence-corrected chi connectivity index (χ0v) is 16.9. The second-order valence-electron chi connectivity index (χ2n) is 6.92. The molecule has 0 aliphatic heterocycles. The van der Waals surface area contributed by atoms with Gasteiger partial charge in [-0.25, -0.2) is 0 Å². The Bertz CT molecular complexity index is 851. The van der Waals surface area contributed by atoms with Gasteiger partial charge in [-0.1, -0.05) is 48.5 Å². The summed E-state index contributed by atoms with van der Waals surface area (Å²) in [5.41, 5.74) is 1.74. The van der Waals surface area contributed by atoms with Crippen molar-refractivity contribution < 1.29 is 9.59 Å². The lowest BCUT2D eigenvalue weighted by molar-refractivity contribution is -0.114. The molecule has 0 saturated heterocycles. The minimum atomic E-state index is -0.263. The van der Waals surface area contributed by atoms with E-state index >= 15 is 0 Å². The summed E-state index contributed by atoms with van der Waals surface area (Å²) >= 11 is 12.0. The maximum Gasteiger partial charge on any atom is 0.251 e. The molecule has 1 aliphatic rings. The highest BCUT2D eigenvalue weighted by atomic mass is 35.5. The smallest absolute Gasteiger partial charge is 0.251 e. The molecule has 3 N–H and O–H groups in total. The Morgan fingerprint density at radius 1 is 1.00 bits per heavy atom. The maximum atomic E-state index is 12.5. The molecule has 7 heteroatoms. The molecule has 148 valence electrons. The minimum absolute atomic E-state index is 0.0382. The van der Waals surface area contributed by atoms with Gasteiger partial charge >= 0.3 is 0 Å². The van der Waals surface area contributed by atoms with Gasteiger partial charge in [0.15, 0.2) is 0 Å². The molecule has 2 aromatic carbocycles. The first-order valence-corrected chi connectivity index (χ1v) is 10.2. The topological polar surface area (TPSA) is 70.2 Å². The zero-order valence-electron chi connectivity index (χ0n) is 15.4. The molecule has 0 radical (unpaired) electrons. The van der Waals surface area contributed by atoms with Gasteiger partial charge in [-0.2, -0.15) is 0 Å². The molecule has 3 rings (SSSR count). The van der Waals surface area contributed by atoms with Crippen LogP contribution in [0.1, 0.15) is 42.5 Å². The molecule has 0 bridgehead atoms. The number of anilines is 2. The summed E-state index contributed by atoms with van der Waals surface area (Å²) in [7, 11) is 0. The molecule has 5 nitrogen and oxygen atoms in total. The van der Waals surface area contributed by atoms with Crippen LogP contribution in [-0.4, -0.2) is 24.4 Å². The molecule has 0 heterocycles. The first-order valence-electron chi connectivity index (χ1n) is 9.41. The summed E-state index contributed by atoms with van der Waals surface area (Å²) in [4.78, 5) is 24.6. The van der Waals surface area contributed by atoms with E-state index in [2.05, 4.69) is 16.0 Å². The number of hydrogen-bond acceptors (Lipinski definition) is 3. The largest absolute Gasteiger partial charge is 0.376 e. The molecular weight excluding hydrogens is 397 g/mol. The number of benzene rings is 2. The van der Waals surface area contributed by atoms with Crippen molar-refractivity contribution in [2.24, 2.45) is 0 Å². The molecule has 0 atom stereocenters. The molecule has 1 saturated carbocycles. The summed E-state index contributed by atoms with van der Waals surface area (Å²) in [6, 6.07) is 12.3. The maximum absolute atomic E-state index is 12.5. The Morgan fingerprint density at radius 3 is 2.57 bits per heavy atom. The Kier molecular flexibility index (Phi) is 7.18. The summed E-state index contributed by atoms with van der Waals surface area (Å²) < 4.78 is 0. The highest BCUT2D eigenvalue weighted by Gasteiger charge is 2.16. The van der Waals surface area contributed by atoms with E-state index in [0.717, 1.165) is 25.7 Å². The van der Waals surface area contributed by atoms with Gasteiger partial charge in [0.05, 0.1) is 17.3 Å². The van der Waals surface area contributed by atoms with Crippen LogP contribution in [0.3, 0.4) is 0 Å². The fraction of sp³-hybridized carbons (Fsp3) is 0.333. The number of halogens is 2. The quantitative estimate of drug-likeness (QED) is 0.609. The van der Waals surface area contributed by atoms with Gasteiger partial charge in [-0.3, -0.25) is 9.59 Å². The van der Waals surface area contributed by atoms with E-state index in [4.69, 9.17) is 23.2 Å². The Morgan fingerprint density at radius 2 is 1.79 bits per heavy atom. The monoisotopic (exact) mass is 419 g/mol. The highest BCUT2D eigenvalue weighted by molar-refractivity contribution is 6.35. The number of amides is 2. The van der Waals surface area contributed by atoms with Gasteiger partial charge in [-0.15, -0.1) is 0 Å². The Labute approximate surface area is 174 Å². The van der Waals surface area contributed by atoms with Crippen LogP contribution in [0.2, 0.25) is 10.0 Å². The van der Waals surface area contributed by atoms with Crippen molar-refractivity contribution in [2.45, 2.75) is 38.1 Å². The van der Waals surface area contributed by atoms with Gasteiger partial charge in [0.25, 0.3) is 5.91 Å². The molecule has 1 aliphatic carbocycles. The first kappa shape index (κ1) is 20.5. The predicted octanol–water partition coefficient (Wildman–Crippen LogP) is 5.11. The van der Waals surface area contributed by atoms with Crippen molar-refractivity contribution in [3.05, 3.63) is 58.1 Å². The summed E-state index contributed by atoms with van der Waals surface area (Å²) in [6.45, 7) is 0.0382. The first-order chi connectivity index (χ1) is 13.5. The van der Waals surface area contributed by atoms with Crippen molar-refractivity contribution in [1.82, 2.24) is 5.32 Å². The second-order valence-corrected chi connectivity index (χ2v) is 7.76. The Hall–Kier alpha value is -2.24. The highest BCUT2D eigenvalue weighted by Crippen LogP contribution is 2.25. The summed E-state index contributed by atoms with van der Waals surface area (Å²) in [6.07, 6.45) is 5.65. The third kappa shape index (κ3) is 5.88. The van der Waals surface area contributed by atoms with Crippen LogP contribution in [0.4, 0.5) is 11.4 Å². The van der Waals surface area contributed by atoms with Crippen molar-refractivity contribution in [1.29, 1.82) is 0 Å². The van der Waals surface area contributed by atoms with Crippen molar-refractivity contribution in [3.63, 3.8) is 0 Å². The number of nitrogens with one attached hydrogen (secondary N) is 3. The third-order valence-corrected chi connectivity index (χ3v) is 5.29. The van der Waals surface area contributed by atoms with Gasteiger partial charge in [0, 0.05) is 22.3 Å². The number of hydrogen-bond donors (Lipinski definition) is 3. The number of carbonyl (C=O) groups excluding carboxylic acids is 2. The fourth-order valence-corrected chi connectivity index (χ4v) is 3.59. The fourth-order valence-electron chi connectivity index (χ4n) is 3.26. The SMILES string of the molecule is O=C(CNc1cccc(C(=O)NC2CCCCC2)c1)Nc1cc(Cl)ccc1Cl. The van der Waals surface area contributed by atoms with E-state index in [1.165, 1.54) is 6.42 Å². The van der Waals surface area contributed by atoms with E-state index < -0.39 is 0 Å². The van der Waals surface area contributed by atoms with Gasteiger partial charge in [0.1, 0.15) is 0 Å². The van der Waals surface area contributed by atoms with E-state index in [-0.39, 0.29) is 24.4 Å². The van der Waals surface area contributed by atoms with Crippen LogP contribution in [0.5, 0.6) is 0 Å². The van der Waals surface area contributed by atoms with E-state index in [9.17, 15) is 9.59 Å². The van der Waals surface area contributed by atoms with Crippen LogP contribution in [0.25, 0.3) is 0 Å². The molecule has 1 fully saturated rings. The zero-order chi connectivity index (χ0) is 19.9. The summed E-state index contributed by atoms with van der Waals surface area (Å²) in [5.74, 6) is -0.341. The van der Waals surface area contributed by atoms with Crippen LogP contribution >= 0.6 is 23.2 Å². The lowest BCUT2D eigenvalue weighted by atomic mass is 9.95. The minimum Gasteiger partial charge on any atom is -0.376 e. The molecule has 0 unspecified atom stereocenters. The second kappa shape index (κ2) is 9.80. The van der Waals surface area contributed by atoms with Crippen molar-refractivity contribution in [3.8, 4) is 0 Å². The predicted molar refractivity (Wildman–Crippen MR) is 114 cm³/mol. The van der Waals surface area contributed by atoms with Crippen molar-refractivity contribution >= 4 is 46.4 Å². The molecule has 0 aromatic heterocycles. The Balaban J connectivity index is 1.54. The lowest BCUT2D eigenvalue weighted by Crippen LogP contribution is -2.36. The normalized spacial score (nSPS) is 14.4. The van der Waals surface area contributed by atoms with Gasteiger partial charge < -0.3 is 16.0 Å². The van der Waals surface area contributed by atoms with Crippen LogP contribution in [0, 0.1) is 0 Å². The average Bonchev–Trinajstić information content (AvgIpc) is 2.70. The molecular formula is C21H23Cl2N3O2. The van der Waals surface area contributed by atoms with Gasteiger partial charge in [0.2, 0.25) is 5.91 Å². The third-order valence-electron chi connectivity index (χ3n) is 4.72. The van der Waals surface area contributed by atoms with E-state index in [1.54, 1.807) is 36.4 Å². The van der Waals surface area contributed by atoms with Crippen LogP contribution in [0.15, 0.2) is 42.5 Å². The van der Waals surface area contributed by atoms with Gasteiger partial charge in [-0.05, 0) is 49.2 Å². The van der Waals surface area contributed by atoms with E-state index in [0.29, 0.717) is 27.0 Å². The molecule has 2 aromatic rings. The molecule has 28 heavy (non-hydrogen) atoms. The van der Waals surface area contributed by atoms with Crippen LogP contribution < -0.4 is 16.0 Å². The van der Waals surface area contributed by atoms with Crippen molar-refractivity contribution in [2.75, 3.05) is 17.2 Å². The standard InChI is InChI=1S/C21H23Cl2N3O2/c22-15-9-10-18(23)19(12-15)26-20(27)13-24-17-8-4-5-14(11-17)21(28)25-16-6-2-1-3-7-16/h4-5,8-12,16,24H,1-3,6-7,13H2,(H,25,28)(H,26,27). The lowest BCUT2D eigenvalue weighted by Gasteiger charge is -2.22. The molecule has 2 amide bonds. The average molecular weight is 420 g/mol. The summed E-state index contributed by atoms with van der Waals surface area (Å²) in [5, 5.41) is 9.75. The number of carbonyl (C=O) groups is 2. The van der Waals surface area contributed by atoms with E-state index in [1.807, 2.05) is 6.07 Å². The van der Waals surface area contributed by atoms with Crippen LogP contribution in [-0.2, 0) is 4.79 Å².